The number of carbonyl (C=O) groups is 1. The van der Waals surface area contributed by atoms with Crippen molar-refractivity contribution in [3.8, 4) is 5.75 Å². The first kappa shape index (κ1) is 16.2. The van der Waals surface area contributed by atoms with Crippen LogP contribution in [0.5, 0.6) is 5.75 Å². The van der Waals surface area contributed by atoms with Crippen molar-refractivity contribution in [1.29, 1.82) is 0 Å². The van der Waals surface area contributed by atoms with Crippen molar-refractivity contribution in [3.63, 3.8) is 0 Å². The molecule has 0 spiro atoms. The number of hydrogen-bond acceptors (Lipinski definition) is 4. The second-order valence-corrected chi connectivity index (χ2v) is 6.22. The minimum absolute atomic E-state index is 0.113. The molecule has 2 aliphatic rings. The minimum atomic E-state index is -0.446. The summed E-state index contributed by atoms with van der Waals surface area (Å²) in [5, 5.41) is 2.85. The Labute approximate surface area is 135 Å². The molecule has 3 rings (SSSR count). The van der Waals surface area contributed by atoms with Crippen LogP contribution in [0, 0.1) is 11.7 Å². The summed E-state index contributed by atoms with van der Waals surface area (Å²) in [6.45, 7) is 2.80. The molecule has 1 saturated heterocycles. The number of rotatable bonds is 5. The second-order valence-electron chi connectivity index (χ2n) is 6.22. The normalized spacial score (nSPS) is 22.4. The SMILES string of the molecule is COc1cc(NC(=O)[C@@H]2COCCN2CC2CCC2)ccc1F. The zero-order chi connectivity index (χ0) is 16.2. The van der Waals surface area contributed by atoms with Crippen molar-refractivity contribution in [2.45, 2.75) is 25.3 Å². The van der Waals surface area contributed by atoms with Gasteiger partial charge in [0, 0.05) is 24.8 Å². The highest BCUT2D eigenvalue weighted by Gasteiger charge is 2.32. The van der Waals surface area contributed by atoms with Crippen LogP contribution < -0.4 is 10.1 Å². The van der Waals surface area contributed by atoms with Gasteiger partial charge >= 0.3 is 0 Å². The van der Waals surface area contributed by atoms with Crippen LogP contribution >= 0.6 is 0 Å². The predicted octanol–water partition coefficient (Wildman–Crippen LogP) is 2.27. The molecule has 6 heteroatoms. The third-order valence-electron chi connectivity index (χ3n) is 4.68. The average molecular weight is 322 g/mol. The van der Waals surface area contributed by atoms with Gasteiger partial charge < -0.3 is 14.8 Å². The molecule has 5 nitrogen and oxygen atoms in total. The molecule has 0 unspecified atom stereocenters. The summed E-state index contributed by atoms with van der Waals surface area (Å²) in [6.07, 6.45) is 3.79. The van der Waals surface area contributed by atoms with Crippen LogP contribution in [0.2, 0.25) is 0 Å². The lowest BCUT2D eigenvalue weighted by Gasteiger charge is -2.39. The van der Waals surface area contributed by atoms with E-state index in [9.17, 15) is 9.18 Å². The predicted molar refractivity (Wildman–Crippen MR) is 85.1 cm³/mol. The van der Waals surface area contributed by atoms with Crippen LogP contribution in [0.25, 0.3) is 0 Å². The second kappa shape index (κ2) is 7.27. The standard InChI is InChI=1S/C17H23FN2O3/c1-22-16-9-13(5-6-14(16)18)19-17(21)15-11-23-8-7-20(15)10-12-3-2-4-12/h5-6,9,12,15H,2-4,7-8,10-11H2,1H3,(H,19,21)/t15-/m0/s1. The fraction of sp³-hybridized carbons (Fsp3) is 0.588. The van der Waals surface area contributed by atoms with Crippen LogP contribution in [0.1, 0.15) is 19.3 Å². The number of nitrogens with one attached hydrogen (secondary N) is 1. The number of anilines is 1. The lowest BCUT2D eigenvalue weighted by atomic mass is 9.84. The molecule has 23 heavy (non-hydrogen) atoms. The van der Waals surface area contributed by atoms with E-state index in [2.05, 4.69) is 10.2 Å². The van der Waals surface area contributed by atoms with Gasteiger partial charge in [-0.05, 0) is 30.9 Å². The molecule has 1 N–H and O–H groups in total. The number of benzene rings is 1. The van der Waals surface area contributed by atoms with E-state index in [1.54, 1.807) is 0 Å². The molecule has 1 aromatic carbocycles. The Morgan fingerprint density at radius 3 is 3.00 bits per heavy atom. The van der Waals surface area contributed by atoms with Gasteiger partial charge in [-0.3, -0.25) is 9.69 Å². The Morgan fingerprint density at radius 2 is 2.30 bits per heavy atom. The van der Waals surface area contributed by atoms with Gasteiger partial charge in [-0.25, -0.2) is 4.39 Å². The summed E-state index contributed by atoms with van der Waals surface area (Å²) in [5.41, 5.74) is 0.530. The topological polar surface area (TPSA) is 50.8 Å². The average Bonchev–Trinajstić information content (AvgIpc) is 2.53. The van der Waals surface area contributed by atoms with Crippen LogP contribution in [-0.4, -0.2) is 50.3 Å². The number of amides is 1. The molecule has 0 bridgehead atoms. The van der Waals surface area contributed by atoms with Crippen LogP contribution in [0.4, 0.5) is 10.1 Å². The quantitative estimate of drug-likeness (QED) is 0.903. The van der Waals surface area contributed by atoms with E-state index in [4.69, 9.17) is 9.47 Å². The van der Waals surface area contributed by atoms with Gasteiger partial charge in [0.25, 0.3) is 0 Å². The van der Waals surface area contributed by atoms with Crippen molar-refractivity contribution in [2.24, 2.45) is 5.92 Å². The van der Waals surface area contributed by atoms with Gasteiger partial charge in [0.05, 0.1) is 20.3 Å². The van der Waals surface area contributed by atoms with E-state index in [1.807, 2.05) is 0 Å². The third-order valence-corrected chi connectivity index (χ3v) is 4.68. The number of morpholine rings is 1. The van der Waals surface area contributed by atoms with Gasteiger partial charge in [-0.15, -0.1) is 0 Å². The molecular weight excluding hydrogens is 299 g/mol. The number of ether oxygens (including phenoxy) is 2. The maximum atomic E-state index is 13.4. The number of nitrogens with zero attached hydrogens (tertiary/aromatic N) is 1. The third kappa shape index (κ3) is 3.82. The van der Waals surface area contributed by atoms with Crippen molar-refractivity contribution in [1.82, 2.24) is 4.90 Å². The molecule has 2 fully saturated rings. The maximum Gasteiger partial charge on any atom is 0.244 e. The molecule has 1 aromatic rings. The molecule has 1 heterocycles. The summed E-state index contributed by atoms with van der Waals surface area (Å²) in [6, 6.07) is 4.03. The van der Waals surface area contributed by atoms with Crippen molar-refractivity contribution in [3.05, 3.63) is 24.0 Å². The van der Waals surface area contributed by atoms with Crippen LogP contribution in [0.3, 0.4) is 0 Å². The van der Waals surface area contributed by atoms with E-state index in [-0.39, 0.29) is 17.7 Å². The van der Waals surface area contributed by atoms with Crippen molar-refractivity contribution >= 4 is 11.6 Å². The fourth-order valence-corrected chi connectivity index (χ4v) is 3.07. The summed E-state index contributed by atoms with van der Waals surface area (Å²) in [4.78, 5) is 14.8. The Hall–Kier alpha value is -1.66. The Morgan fingerprint density at radius 1 is 1.48 bits per heavy atom. The lowest BCUT2D eigenvalue weighted by Crippen LogP contribution is -2.53. The Kier molecular flexibility index (Phi) is 5.13. The smallest absolute Gasteiger partial charge is 0.244 e. The summed E-state index contributed by atoms with van der Waals surface area (Å²) in [5.74, 6) is 0.263. The summed E-state index contributed by atoms with van der Waals surface area (Å²) >= 11 is 0. The highest BCUT2D eigenvalue weighted by Crippen LogP contribution is 2.28. The van der Waals surface area contributed by atoms with Crippen LogP contribution in [0.15, 0.2) is 18.2 Å². The van der Waals surface area contributed by atoms with E-state index in [0.717, 1.165) is 13.1 Å². The number of methoxy groups -OCH3 is 1. The largest absolute Gasteiger partial charge is 0.494 e. The minimum Gasteiger partial charge on any atom is -0.494 e. The van der Waals surface area contributed by atoms with Gasteiger partial charge in [-0.1, -0.05) is 6.42 Å². The first-order valence-corrected chi connectivity index (χ1v) is 8.13. The molecule has 0 radical (unpaired) electrons. The monoisotopic (exact) mass is 322 g/mol. The maximum absolute atomic E-state index is 13.4. The number of hydrogen-bond donors (Lipinski definition) is 1. The van der Waals surface area contributed by atoms with Crippen molar-refractivity contribution in [2.75, 3.05) is 38.7 Å². The summed E-state index contributed by atoms with van der Waals surface area (Å²) in [7, 11) is 1.40. The first-order chi connectivity index (χ1) is 11.2. The van der Waals surface area contributed by atoms with Gasteiger partial charge in [0.15, 0.2) is 11.6 Å². The molecular formula is C17H23FN2O3. The molecule has 1 saturated carbocycles. The number of carbonyl (C=O) groups excluding carboxylic acids is 1. The zero-order valence-electron chi connectivity index (χ0n) is 13.4. The summed E-state index contributed by atoms with van der Waals surface area (Å²) < 4.78 is 23.9. The Bertz CT molecular complexity index is 563. The lowest BCUT2D eigenvalue weighted by molar-refractivity contribution is -0.128. The van der Waals surface area contributed by atoms with E-state index in [1.165, 1.54) is 44.6 Å². The molecule has 1 atom stereocenters. The van der Waals surface area contributed by atoms with Gasteiger partial charge in [-0.2, -0.15) is 0 Å². The molecule has 0 aromatic heterocycles. The van der Waals surface area contributed by atoms with Gasteiger partial charge in [0.2, 0.25) is 5.91 Å². The van der Waals surface area contributed by atoms with E-state index in [0.29, 0.717) is 24.8 Å². The fourth-order valence-electron chi connectivity index (χ4n) is 3.07. The van der Waals surface area contributed by atoms with Crippen LogP contribution in [-0.2, 0) is 9.53 Å². The Balaban J connectivity index is 1.65. The van der Waals surface area contributed by atoms with E-state index >= 15 is 0 Å². The zero-order valence-corrected chi connectivity index (χ0v) is 13.4. The highest BCUT2D eigenvalue weighted by molar-refractivity contribution is 5.95. The number of halogens is 1. The van der Waals surface area contributed by atoms with Crippen molar-refractivity contribution < 1.29 is 18.7 Å². The van der Waals surface area contributed by atoms with Gasteiger partial charge in [0.1, 0.15) is 6.04 Å². The first-order valence-electron chi connectivity index (χ1n) is 8.13. The van der Waals surface area contributed by atoms with E-state index < -0.39 is 5.82 Å². The highest BCUT2D eigenvalue weighted by atomic mass is 19.1. The molecule has 126 valence electrons. The molecule has 1 aliphatic heterocycles. The molecule has 1 amide bonds. The molecule has 1 aliphatic carbocycles.